The molecule has 0 atom stereocenters. The molecule has 0 unspecified atom stereocenters. The van der Waals surface area contributed by atoms with Gasteiger partial charge in [-0.05, 0) is 37.3 Å². The monoisotopic (exact) mass is 361 g/mol. The van der Waals surface area contributed by atoms with Crippen molar-refractivity contribution >= 4 is 5.96 Å². The van der Waals surface area contributed by atoms with E-state index in [0.717, 1.165) is 45.1 Å². The maximum Gasteiger partial charge on any atom is 0.193 e. The Kier molecular flexibility index (Phi) is 9.50. The number of hydrogen-bond acceptors (Lipinski definition) is 3. The van der Waals surface area contributed by atoms with E-state index in [0.29, 0.717) is 19.3 Å². The van der Waals surface area contributed by atoms with Crippen LogP contribution in [0.3, 0.4) is 0 Å². The highest BCUT2D eigenvalue weighted by Gasteiger charge is 2.14. The number of ether oxygens (including phenoxy) is 2. The van der Waals surface area contributed by atoms with Crippen LogP contribution >= 0.6 is 0 Å². The van der Waals surface area contributed by atoms with Gasteiger partial charge < -0.3 is 19.7 Å². The summed E-state index contributed by atoms with van der Waals surface area (Å²) in [6, 6.07) is 8.57. The van der Waals surface area contributed by atoms with Gasteiger partial charge in [0, 0.05) is 33.4 Å². The molecule has 5 nitrogen and oxygen atoms in total. The van der Waals surface area contributed by atoms with Crippen LogP contribution in [0.1, 0.15) is 50.7 Å². The van der Waals surface area contributed by atoms with Crippen molar-refractivity contribution in [1.29, 1.82) is 0 Å². The molecule has 0 spiro atoms. The molecule has 26 heavy (non-hydrogen) atoms. The standard InChI is InChI=1S/C21H35N3O2/c1-4-6-12-24(3)21(22-5-2)23-16-18-8-7-9-19(15-18)17-26-20-10-13-25-14-11-20/h7-9,15,20H,4-6,10-14,16-17H2,1-3H3,(H,22,23). The van der Waals surface area contributed by atoms with Gasteiger partial charge in [-0.2, -0.15) is 0 Å². The van der Waals surface area contributed by atoms with Crippen molar-refractivity contribution in [2.45, 2.75) is 58.8 Å². The first-order valence-corrected chi connectivity index (χ1v) is 9.99. The summed E-state index contributed by atoms with van der Waals surface area (Å²) in [5.41, 5.74) is 2.44. The van der Waals surface area contributed by atoms with Crippen LogP contribution in [0, 0.1) is 0 Å². The van der Waals surface area contributed by atoms with Gasteiger partial charge in [0.05, 0.1) is 19.3 Å². The lowest BCUT2D eigenvalue weighted by atomic mass is 10.1. The number of guanidine groups is 1. The number of rotatable bonds is 9. The molecule has 0 aromatic heterocycles. The van der Waals surface area contributed by atoms with E-state index in [9.17, 15) is 0 Å². The van der Waals surface area contributed by atoms with Crippen molar-refractivity contribution < 1.29 is 9.47 Å². The number of hydrogen-bond donors (Lipinski definition) is 1. The summed E-state index contributed by atoms with van der Waals surface area (Å²) >= 11 is 0. The molecule has 0 bridgehead atoms. The van der Waals surface area contributed by atoms with Crippen molar-refractivity contribution in [3.63, 3.8) is 0 Å². The molecule has 1 aliphatic heterocycles. The lowest BCUT2D eigenvalue weighted by Gasteiger charge is -2.22. The van der Waals surface area contributed by atoms with E-state index in [1.807, 2.05) is 0 Å². The van der Waals surface area contributed by atoms with Crippen LogP contribution in [-0.2, 0) is 22.6 Å². The van der Waals surface area contributed by atoms with E-state index in [-0.39, 0.29) is 0 Å². The summed E-state index contributed by atoms with van der Waals surface area (Å²) in [4.78, 5) is 7.02. The van der Waals surface area contributed by atoms with E-state index >= 15 is 0 Å². The minimum Gasteiger partial charge on any atom is -0.381 e. The topological polar surface area (TPSA) is 46.1 Å². The summed E-state index contributed by atoms with van der Waals surface area (Å²) in [5, 5.41) is 3.38. The maximum atomic E-state index is 6.03. The fourth-order valence-electron chi connectivity index (χ4n) is 3.01. The maximum absolute atomic E-state index is 6.03. The fourth-order valence-corrected chi connectivity index (χ4v) is 3.01. The summed E-state index contributed by atoms with van der Waals surface area (Å²) in [6.45, 7) is 9.22. The Morgan fingerprint density at radius 2 is 2.04 bits per heavy atom. The quantitative estimate of drug-likeness (QED) is 0.539. The zero-order valence-electron chi connectivity index (χ0n) is 16.7. The van der Waals surface area contributed by atoms with E-state index in [2.05, 4.69) is 55.4 Å². The zero-order valence-corrected chi connectivity index (χ0v) is 16.7. The van der Waals surface area contributed by atoms with Gasteiger partial charge in [0.1, 0.15) is 0 Å². The third-order valence-electron chi connectivity index (χ3n) is 4.60. The number of unbranched alkanes of at least 4 members (excludes halogenated alkanes) is 1. The van der Waals surface area contributed by atoms with Crippen LogP contribution in [0.15, 0.2) is 29.3 Å². The predicted molar refractivity (Wildman–Crippen MR) is 107 cm³/mol. The van der Waals surface area contributed by atoms with Crippen LogP contribution < -0.4 is 5.32 Å². The van der Waals surface area contributed by atoms with Crippen LogP contribution in [-0.4, -0.2) is 50.3 Å². The minimum atomic E-state index is 0.331. The summed E-state index contributed by atoms with van der Waals surface area (Å²) in [5.74, 6) is 0.977. The first-order valence-electron chi connectivity index (χ1n) is 9.99. The Labute approximate surface area is 158 Å². The van der Waals surface area contributed by atoms with E-state index < -0.39 is 0 Å². The molecule has 1 aromatic rings. The molecule has 1 aromatic carbocycles. The van der Waals surface area contributed by atoms with Gasteiger partial charge in [-0.15, -0.1) is 0 Å². The highest BCUT2D eigenvalue weighted by molar-refractivity contribution is 5.79. The third-order valence-corrected chi connectivity index (χ3v) is 4.60. The van der Waals surface area contributed by atoms with Gasteiger partial charge >= 0.3 is 0 Å². The van der Waals surface area contributed by atoms with Crippen LogP contribution in [0.5, 0.6) is 0 Å². The van der Waals surface area contributed by atoms with E-state index in [4.69, 9.17) is 14.5 Å². The molecule has 146 valence electrons. The van der Waals surface area contributed by atoms with E-state index in [1.54, 1.807) is 0 Å². The van der Waals surface area contributed by atoms with Crippen LogP contribution in [0.2, 0.25) is 0 Å². The zero-order chi connectivity index (χ0) is 18.6. The second-order valence-electron chi connectivity index (χ2n) is 6.89. The SMILES string of the molecule is CCCCN(C)C(=NCc1cccc(COC2CCOCC2)c1)NCC. The molecule has 0 radical (unpaired) electrons. The molecule has 1 saturated heterocycles. The largest absolute Gasteiger partial charge is 0.381 e. The average Bonchev–Trinajstić information content (AvgIpc) is 2.69. The molecular formula is C21H35N3O2. The van der Waals surface area contributed by atoms with Crippen molar-refractivity contribution in [3.05, 3.63) is 35.4 Å². The minimum absolute atomic E-state index is 0.331. The van der Waals surface area contributed by atoms with Crippen molar-refractivity contribution in [2.24, 2.45) is 4.99 Å². The van der Waals surface area contributed by atoms with Gasteiger partial charge in [0.25, 0.3) is 0 Å². The molecule has 1 aliphatic rings. The van der Waals surface area contributed by atoms with Gasteiger partial charge in [-0.1, -0.05) is 37.6 Å². The van der Waals surface area contributed by atoms with Gasteiger partial charge in [0.15, 0.2) is 5.96 Å². The van der Waals surface area contributed by atoms with Crippen LogP contribution in [0.4, 0.5) is 0 Å². The fraction of sp³-hybridized carbons (Fsp3) is 0.667. The number of aliphatic imine (C=N–C) groups is 1. The second kappa shape index (κ2) is 11.9. The molecule has 1 heterocycles. The molecule has 5 heteroatoms. The summed E-state index contributed by atoms with van der Waals surface area (Å²) in [7, 11) is 2.11. The van der Waals surface area contributed by atoms with Crippen molar-refractivity contribution in [2.75, 3.05) is 33.4 Å². The van der Waals surface area contributed by atoms with Gasteiger partial charge in [-0.25, -0.2) is 4.99 Å². The molecule has 1 N–H and O–H groups in total. The third kappa shape index (κ3) is 7.34. The van der Waals surface area contributed by atoms with Gasteiger partial charge in [-0.3, -0.25) is 0 Å². The number of nitrogens with zero attached hydrogens (tertiary/aromatic N) is 2. The number of nitrogens with one attached hydrogen (secondary N) is 1. The van der Waals surface area contributed by atoms with Crippen LogP contribution in [0.25, 0.3) is 0 Å². The Morgan fingerprint density at radius 3 is 2.77 bits per heavy atom. The first kappa shape index (κ1) is 20.7. The molecule has 0 aliphatic carbocycles. The Balaban J connectivity index is 1.90. The Bertz CT molecular complexity index is 542. The normalized spacial score (nSPS) is 15.9. The van der Waals surface area contributed by atoms with Crippen molar-refractivity contribution in [1.82, 2.24) is 10.2 Å². The molecule has 0 saturated carbocycles. The molecular weight excluding hydrogens is 326 g/mol. The lowest BCUT2D eigenvalue weighted by Crippen LogP contribution is -2.39. The molecule has 1 fully saturated rings. The average molecular weight is 362 g/mol. The summed E-state index contributed by atoms with van der Waals surface area (Å²) in [6.07, 6.45) is 4.71. The second-order valence-corrected chi connectivity index (χ2v) is 6.89. The first-order chi connectivity index (χ1) is 12.7. The van der Waals surface area contributed by atoms with Gasteiger partial charge in [0.2, 0.25) is 0 Å². The Morgan fingerprint density at radius 1 is 1.27 bits per heavy atom. The molecule has 0 amide bonds. The smallest absolute Gasteiger partial charge is 0.193 e. The lowest BCUT2D eigenvalue weighted by molar-refractivity contribution is -0.0390. The van der Waals surface area contributed by atoms with Crippen molar-refractivity contribution in [3.8, 4) is 0 Å². The highest BCUT2D eigenvalue weighted by Crippen LogP contribution is 2.14. The van der Waals surface area contributed by atoms with E-state index in [1.165, 1.54) is 24.0 Å². The molecule has 2 rings (SSSR count). The number of benzene rings is 1. The predicted octanol–water partition coefficient (Wildman–Crippen LogP) is 3.58. The Hall–Kier alpha value is -1.59. The summed E-state index contributed by atoms with van der Waals surface area (Å²) < 4.78 is 11.4. The highest BCUT2D eigenvalue weighted by atomic mass is 16.5.